The second kappa shape index (κ2) is 4.87. The summed E-state index contributed by atoms with van der Waals surface area (Å²) >= 11 is 7.66. The number of thiophene rings is 1. The monoisotopic (exact) mass is 405 g/mol. The Labute approximate surface area is 119 Å². The molecule has 0 bridgehead atoms. The molecular weight excluding hydrogens is 398 g/mol. The van der Waals surface area contributed by atoms with Gasteiger partial charge in [0.25, 0.3) is 0 Å². The zero-order chi connectivity index (χ0) is 12.8. The molecule has 0 unspecified atom stereocenters. The Morgan fingerprint density at radius 3 is 2.24 bits per heavy atom. The van der Waals surface area contributed by atoms with Crippen LogP contribution in [-0.4, -0.2) is 48.2 Å². The highest BCUT2D eigenvalue weighted by molar-refractivity contribution is 9.12. The molecule has 1 aromatic rings. The maximum atomic E-state index is 12.2. The van der Waals surface area contributed by atoms with Crippen LogP contribution in [0.15, 0.2) is 18.5 Å². The fourth-order valence-electron chi connectivity index (χ4n) is 1.57. The van der Waals surface area contributed by atoms with Crippen LogP contribution in [-0.2, 0) is 10.0 Å². The van der Waals surface area contributed by atoms with E-state index in [0.717, 1.165) is 4.31 Å². The van der Waals surface area contributed by atoms with Crippen molar-refractivity contribution in [3.63, 3.8) is 0 Å². The molecule has 1 aliphatic rings. The smallest absolute Gasteiger partial charge is 0.245 e. The van der Waals surface area contributed by atoms with Crippen LogP contribution in [0.5, 0.6) is 0 Å². The molecule has 1 fully saturated rings. The van der Waals surface area contributed by atoms with Crippen molar-refractivity contribution in [1.82, 2.24) is 4.31 Å². The molecule has 0 radical (unpaired) electrons. The van der Waals surface area contributed by atoms with Gasteiger partial charge in [0, 0.05) is 13.1 Å². The Balaban J connectivity index is 2.35. The van der Waals surface area contributed by atoms with Gasteiger partial charge in [-0.15, -0.1) is 11.3 Å². The van der Waals surface area contributed by atoms with E-state index in [-0.39, 0.29) is 18.0 Å². The summed E-state index contributed by atoms with van der Waals surface area (Å²) in [4.78, 5) is 0.149. The zero-order valence-electron chi connectivity index (χ0n) is 8.38. The van der Waals surface area contributed by atoms with Gasteiger partial charge in [-0.2, -0.15) is 4.31 Å². The number of aliphatic hydroxyl groups is 2. The Morgan fingerprint density at radius 1 is 1.29 bits per heavy atom. The maximum absolute atomic E-state index is 12.2. The number of nitrogens with zero attached hydrogens (tertiary/aromatic N) is 1. The standard InChI is InChI=1S/C8H9Br2NO4S2/c9-7-1-6(8(10)16-7)17(14,15)11-2-4(12)5(13)3-11/h1,4-5,12-13H,2-3H2/t4-,5+. The number of hydrogen-bond acceptors (Lipinski definition) is 5. The summed E-state index contributed by atoms with van der Waals surface area (Å²) in [6.45, 7) is -0.160. The topological polar surface area (TPSA) is 77.8 Å². The normalized spacial score (nSPS) is 26.6. The first-order chi connectivity index (χ1) is 7.82. The summed E-state index contributed by atoms with van der Waals surface area (Å²) in [6.07, 6.45) is -2.05. The molecule has 0 aliphatic carbocycles. The average Bonchev–Trinajstić information content (AvgIpc) is 2.72. The minimum atomic E-state index is -3.67. The highest BCUT2D eigenvalue weighted by Crippen LogP contribution is 2.37. The second-order valence-electron chi connectivity index (χ2n) is 3.65. The predicted octanol–water partition coefficient (Wildman–Crippen LogP) is 0.999. The van der Waals surface area contributed by atoms with E-state index in [1.165, 1.54) is 17.4 Å². The van der Waals surface area contributed by atoms with Gasteiger partial charge in [0.1, 0.15) is 4.90 Å². The molecule has 2 rings (SSSR count). The molecule has 0 amide bonds. The maximum Gasteiger partial charge on any atom is 0.245 e. The van der Waals surface area contributed by atoms with Crippen molar-refractivity contribution >= 4 is 53.2 Å². The lowest BCUT2D eigenvalue weighted by Gasteiger charge is -2.14. The van der Waals surface area contributed by atoms with E-state index >= 15 is 0 Å². The van der Waals surface area contributed by atoms with Gasteiger partial charge in [-0.3, -0.25) is 0 Å². The zero-order valence-corrected chi connectivity index (χ0v) is 13.2. The number of β-amino-alcohol motifs (C(OH)–C–C–N with tert-alkyl or cyclic N) is 2. The van der Waals surface area contributed by atoms with Gasteiger partial charge in [-0.25, -0.2) is 8.42 Å². The molecule has 9 heteroatoms. The van der Waals surface area contributed by atoms with Crippen LogP contribution in [0.25, 0.3) is 0 Å². The van der Waals surface area contributed by atoms with E-state index in [1.54, 1.807) is 0 Å². The van der Waals surface area contributed by atoms with Crippen molar-refractivity contribution in [2.45, 2.75) is 17.1 Å². The fraction of sp³-hybridized carbons (Fsp3) is 0.500. The lowest BCUT2D eigenvalue weighted by Crippen LogP contribution is -2.29. The quantitative estimate of drug-likeness (QED) is 0.767. The molecule has 1 aliphatic heterocycles. The molecule has 5 nitrogen and oxygen atoms in total. The van der Waals surface area contributed by atoms with Crippen LogP contribution in [0.1, 0.15) is 0 Å². The van der Waals surface area contributed by atoms with Crippen molar-refractivity contribution in [3.8, 4) is 0 Å². The SMILES string of the molecule is O=S(=O)(c1cc(Br)sc1Br)N1C[C@@H](O)[C@@H](O)C1. The minimum Gasteiger partial charge on any atom is -0.389 e. The van der Waals surface area contributed by atoms with E-state index in [0.29, 0.717) is 7.57 Å². The molecule has 2 heterocycles. The van der Waals surface area contributed by atoms with Gasteiger partial charge in [0.05, 0.1) is 19.8 Å². The lowest BCUT2D eigenvalue weighted by atomic mass is 10.3. The summed E-state index contributed by atoms with van der Waals surface area (Å²) in [5.41, 5.74) is 0. The molecule has 2 N–H and O–H groups in total. The fourth-order valence-corrected chi connectivity index (χ4v) is 6.81. The van der Waals surface area contributed by atoms with Crippen molar-refractivity contribution in [2.24, 2.45) is 0 Å². The Morgan fingerprint density at radius 2 is 1.82 bits per heavy atom. The van der Waals surface area contributed by atoms with Gasteiger partial charge in [0.2, 0.25) is 10.0 Å². The number of rotatable bonds is 2. The van der Waals surface area contributed by atoms with Gasteiger partial charge in [-0.05, 0) is 37.9 Å². The summed E-state index contributed by atoms with van der Waals surface area (Å²) in [7, 11) is -3.67. The van der Waals surface area contributed by atoms with Crippen molar-refractivity contribution in [1.29, 1.82) is 0 Å². The van der Waals surface area contributed by atoms with E-state index in [2.05, 4.69) is 31.9 Å². The van der Waals surface area contributed by atoms with Crippen molar-refractivity contribution in [3.05, 3.63) is 13.6 Å². The lowest BCUT2D eigenvalue weighted by molar-refractivity contribution is 0.0572. The molecule has 2 atom stereocenters. The Kier molecular flexibility index (Phi) is 3.99. The Bertz CT molecular complexity index is 520. The number of halogens is 2. The van der Waals surface area contributed by atoms with Gasteiger partial charge in [-0.1, -0.05) is 0 Å². The highest BCUT2D eigenvalue weighted by atomic mass is 79.9. The molecule has 1 aromatic heterocycles. The first-order valence-electron chi connectivity index (χ1n) is 4.63. The van der Waals surface area contributed by atoms with Crippen LogP contribution in [0.4, 0.5) is 0 Å². The summed E-state index contributed by atoms with van der Waals surface area (Å²) < 4.78 is 26.7. The molecule has 0 spiro atoms. The van der Waals surface area contributed by atoms with Crippen molar-refractivity contribution in [2.75, 3.05) is 13.1 Å². The molecule has 0 aromatic carbocycles. The van der Waals surface area contributed by atoms with Gasteiger partial charge in [0.15, 0.2) is 0 Å². The summed E-state index contributed by atoms with van der Waals surface area (Å²) in [5, 5.41) is 18.8. The summed E-state index contributed by atoms with van der Waals surface area (Å²) in [6, 6.07) is 1.50. The minimum absolute atomic E-state index is 0.0800. The van der Waals surface area contributed by atoms with E-state index in [1.807, 2.05) is 0 Å². The van der Waals surface area contributed by atoms with Crippen molar-refractivity contribution < 1.29 is 18.6 Å². The first-order valence-corrected chi connectivity index (χ1v) is 8.47. The van der Waals surface area contributed by atoms with E-state index in [9.17, 15) is 18.6 Å². The van der Waals surface area contributed by atoms with Crippen LogP contribution < -0.4 is 0 Å². The summed E-state index contributed by atoms with van der Waals surface area (Å²) in [5.74, 6) is 0. The largest absolute Gasteiger partial charge is 0.389 e. The van der Waals surface area contributed by atoms with Gasteiger partial charge < -0.3 is 10.2 Å². The van der Waals surface area contributed by atoms with E-state index < -0.39 is 22.2 Å². The van der Waals surface area contributed by atoms with Crippen LogP contribution in [0.2, 0.25) is 0 Å². The van der Waals surface area contributed by atoms with Crippen LogP contribution in [0.3, 0.4) is 0 Å². The molecule has 17 heavy (non-hydrogen) atoms. The third-order valence-corrected chi connectivity index (χ3v) is 7.06. The third-order valence-electron chi connectivity index (χ3n) is 2.47. The average molecular weight is 407 g/mol. The van der Waals surface area contributed by atoms with Gasteiger partial charge >= 0.3 is 0 Å². The van der Waals surface area contributed by atoms with Crippen LogP contribution >= 0.6 is 43.2 Å². The number of aliphatic hydroxyl groups excluding tert-OH is 2. The first kappa shape index (κ1) is 13.9. The predicted molar refractivity (Wildman–Crippen MR) is 70.5 cm³/mol. The molecule has 1 saturated heterocycles. The molecule has 96 valence electrons. The molecule has 0 saturated carbocycles. The third kappa shape index (κ3) is 2.60. The van der Waals surface area contributed by atoms with Crippen LogP contribution in [0, 0.1) is 0 Å². The molecular formula is C8H9Br2NO4S2. The number of hydrogen-bond donors (Lipinski definition) is 2. The number of sulfonamides is 1. The highest BCUT2D eigenvalue weighted by Gasteiger charge is 2.38. The van der Waals surface area contributed by atoms with E-state index in [4.69, 9.17) is 0 Å². The second-order valence-corrected chi connectivity index (χ2v) is 9.30. The Hall–Kier alpha value is 0.490.